The number of anilines is 3. The third-order valence-corrected chi connectivity index (χ3v) is 13.3. The SMILES string of the molecule is CC(C)n1nc(-c2noc(C3CC3)c2-c2ncc(C3CCN(C(=O)CCCCCCCN4CCN(c5c(F)cc(N[C@H]6CCC(=O)NC6=O)cc5F)CC4)CC3)cn2)c2c(N)ncnc21. The standard InChI is InChI=1S/C46H57F2N13O4/c1-27(2)61-45-38(43(49)52-26-53-45)39(56-61)40-37(42(65-57-40)29-9-10-29)44-50-24-30(25-51-44)28-13-16-59(17-14-28)36(63)8-6-4-3-5-7-15-58-18-20-60(21-19-58)41-32(47)22-31(23-33(41)48)54-34-11-12-35(62)55-46(34)64/h22-29,34,54H,3-21H2,1-2H3,(H2,49,52,53)(H,55,62,64)/t34-/m0/s1. The van der Waals surface area contributed by atoms with Gasteiger partial charge in [0.1, 0.15) is 35.3 Å². The number of hydrogen-bond acceptors (Lipinski definition) is 14. The Morgan fingerprint density at radius 1 is 0.877 bits per heavy atom. The molecule has 4 aliphatic rings. The maximum absolute atomic E-state index is 15.1. The summed E-state index contributed by atoms with van der Waals surface area (Å²) in [6, 6.07) is 1.74. The zero-order chi connectivity index (χ0) is 45.2. The van der Waals surface area contributed by atoms with Crippen LogP contribution < -0.4 is 21.3 Å². The molecule has 3 aliphatic heterocycles. The van der Waals surface area contributed by atoms with E-state index in [0.29, 0.717) is 79.8 Å². The van der Waals surface area contributed by atoms with Gasteiger partial charge < -0.3 is 25.4 Å². The molecule has 0 unspecified atom stereocenters. The maximum atomic E-state index is 15.1. The number of fused-ring (bicyclic) bond motifs is 1. The van der Waals surface area contributed by atoms with Gasteiger partial charge in [-0.25, -0.2) is 33.4 Å². The van der Waals surface area contributed by atoms with Crippen LogP contribution in [0.1, 0.15) is 120 Å². The molecule has 1 saturated carbocycles. The van der Waals surface area contributed by atoms with Gasteiger partial charge in [0.15, 0.2) is 28.9 Å². The van der Waals surface area contributed by atoms with E-state index in [-0.39, 0.29) is 53.9 Å². The summed E-state index contributed by atoms with van der Waals surface area (Å²) in [5.41, 5.74) is 9.99. The molecule has 5 aromatic rings. The van der Waals surface area contributed by atoms with E-state index in [4.69, 9.17) is 25.3 Å². The Kier molecular flexibility index (Phi) is 13.0. The van der Waals surface area contributed by atoms with E-state index in [0.717, 1.165) is 81.2 Å². The summed E-state index contributed by atoms with van der Waals surface area (Å²) in [5.74, 6) is 0.132. The van der Waals surface area contributed by atoms with E-state index in [1.165, 1.54) is 18.5 Å². The molecule has 0 bridgehead atoms. The number of nitrogens with two attached hydrogens (primary N) is 1. The number of imide groups is 1. The minimum atomic E-state index is -0.718. The van der Waals surface area contributed by atoms with Crippen molar-refractivity contribution in [1.29, 1.82) is 0 Å². The van der Waals surface area contributed by atoms with Crippen LogP contribution in [0.3, 0.4) is 0 Å². The molecule has 7 heterocycles. The largest absolute Gasteiger partial charge is 0.383 e. The number of amides is 3. The number of rotatable bonds is 16. The van der Waals surface area contributed by atoms with Gasteiger partial charge in [0.25, 0.3) is 0 Å². The van der Waals surface area contributed by atoms with Crippen molar-refractivity contribution in [2.24, 2.45) is 0 Å². The summed E-state index contributed by atoms with van der Waals surface area (Å²) in [6.07, 6.45) is 15.0. The number of carbonyl (C=O) groups excluding carboxylic acids is 3. The highest BCUT2D eigenvalue weighted by Crippen LogP contribution is 2.48. The molecule has 3 saturated heterocycles. The average molecular weight is 894 g/mol. The highest BCUT2D eigenvalue weighted by molar-refractivity contribution is 6.02. The normalized spacial score (nSPS) is 18.8. The number of nitrogens with one attached hydrogen (secondary N) is 2. The van der Waals surface area contributed by atoms with Crippen LogP contribution in [-0.2, 0) is 14.4 Å². The van der Waals surface area contributed by atoms with Gasteiger partial charge in [-0.15, -0.1) is 0 Å². The first-order chi connectivity index (χ1) is 31.5. The minimum absolute atomic E-state index is 0.0327. The number of nitrogen functional groups attached to an aromatic ring is 1. The lowest BCUT2D eigenvalue weighted by atomic mass is 9.91. The molecule has 0 radical (unpaired) electrons. The van der Waals surface area contributed by atoms with Crippen LogP contribution in [0.2, 0.25) is 0 Å². The predicted molar refractivity (Wildman–Crippen MR) is 240 cm³/mol. The van der Waals surface area contributed by atoms with Gasteiger partial charge in [0, 0.05) is 82.2 Å². The number of benzene rings is 1. The van der Waals surface area contributed by atoms with Crippen LogP contribution in [-0.4, -0.2) is 114 Å². The topological polar surface area (TPSA) is 206 Å². The molecule has 65 heavy (non-hydrogen) atoms. The van der Waals surface area contributed by atoms with Crippen molar-refractivity contribution < 1.29 is 27.7 Å². The van der Waals surface area contributed by atoms with Crippen LogP contribution in [0, 0.1) is 11.6 Å². The smallest absolute Gasteiger partial charge is 0.249 e. The van der Waals surface area contributed by atoms with Crippen molar-refractivity contribution in [2.75, 3.05) is 61.8 Å². The van der Waals surface area contributed by atoms with Crippen molar-refractivity contribution in [3.05, 3.63) is 53.8 Å². The minimum Gasteiger partial charge on any atom is -0.383 e. The van der Waals surface area contributed by atoms with Gasteiger partial charge in [-0.05, 0) is 89.0 Å². The summed E-state index contributed by atoms with van der Waals surface area (Å²) >= 11 is 0. The van der Waals surface area contributed by atoms with Crippen LogP contribution in [0.15, 0.2) is 35.4 Å². The Hall–Kier alpha value is -6.11. The fourth-order valence-electron chi connectivity index (χ4n) is 9.44. The van der Waals surface area contributed by atoms with Crippen LogP contribution in [0.5, 0.6) is 0 Å². The number of nitrogens with zero attached hydrogens (tertiary/aromatic N) is 10. The van der Waals surface area contributed by atoms with Gasteiger partial charge in [0.05, 0.1) is 10.9 Å². The Morgan fingerprint density at radius 2 is 1.58 bits per heavy atom. The fraction of sp³-hybridized carbons (Fsp3) is 0.543. The first kappa shape index (κ1) is 44.1. The van der Waals surface area contributed by atoms with Crippen LogP contribution in [0.4, 0.5) is 26.0 Å². The Balaban J connectivity index is 0.687. The van der Waals surface area contributed by atoms with E-state index in [1.807, 2.05) is 35.8 Å². The van der Waals surface area contributed by atoms with Crippen LogP contribution in [0.25, 0.3) is 33.8 Å². The molecular weight excluding hydrogens is 837 g/mol. The fourth-order valence-corrected chi connectivity index (χ4v) is 9.44. The molecule has 1 aliphatic carbocycles. The van der Waals surface area contributed by atoms with Crippen molar-refractivity contribution in [1.82, 2.24) is 50.0 Å². The second-order valence-corrected chi connectivity index (χ2v) is 18.2. The predicted octanol–water partition coefficient (Wildman–Crippen LogP) is 6.34. The monoisotopic (exact) mass is 893 g/mol. The van der Waals surface area contributed by atoms with Gasteiger partial charge in [-0.2, -0.15) is 5.10 Å². The second kappa shape index (κ2) is 19.2. The molecule has 4 aromatic heterocycles. The van der Waals surface area contributed by atoms with E-state index in [1.54, 1.807) is 4.90 Å². The third kappa shape index (κ3) is 9.65. The molecule has 4 fully saturated rings. The Bertz CT molecular complexity index is 2500. The van der Waals surface area contributed by atoms with Gasteiger partial charge >= 0.3 is 0 Å². The number of hydrogen-bond donors (Lipinski definition) is 3. The zero-order valence-electron chi connectivity index (χ0n) is 37.1. The number of halogens is 2. The Labute approximate surface area is 375 Å². The summed E-state index contributed by atoms with van der Waals surface area (Å²) in [7, 11) is 0. The molecule has 4 N–H and O–H groups in total. The highest BCUT2D eigenvalue weighted by atomic mass is 19.1. The number of likely N-dealkylation sites (tertiary alicyclic amines) is 1. The molecule has 344 valence electrons. The lowest BCUT2D eigenvalue weighted by Crippen LogP contribution is -2.47. The molecule has 3 amide bonds. The van der Waals surface area contributed by atoms with Gasteiger partial charge in [-0.3, -0.25) is 24.6 Å². The summed E-state index contributed by atoms with van der Waals surface area (Å²) in [5, 5.41) is 15.1. The first-order valence-corrected chi connectivity index (χ1v) is 23.2. The number of aromatic nitrogens is 7. The third-order valence-electron chi connectivity index (χ3n) is 13.3. The number of carbonyl (C=O) groups is 3. The molecule has 0 spiro atoms. The van der Waals surface area contributed by atoms with E-state index >= 15 is 8.78 Å². The summed E-state index contributed by atoms with van der Waals surface area (Å²) in [6.45, 7) is 8.85. The maximum Gasteiger partial charge on any atom is 0.249 e. The molecular formula is C46H57F2N13O4. The van der Waals surface area contributed by atoms with Crippen molar-refractivity contribution in [2.45, 2.75) is 115 Å². The van der Waals surface area contributed by atoms with E-state index in [2.05, 4.69) is 30.7 Å². The molecule has 1 atom stereocenters. The van der Waals surface area contributed by atoms with Crippen molar-refractivity contribution >= 4 is 45.9 Å². The quantitative estimate of drug-likeness (QED) is 0.0730. The molecule has 1 aromatic carbocycles. The molecule has 9 rings (SSSR count). The van der Waals surface area contributed by atoms with E-state index < -0.39 is 23.6 Å². The Morgan fingerprint density at radius 3 is 2.28 bits per heavy atom. The lowest BCUT2D eigenvalue weighted by Gasteiger charge is -2.36. The first-order valence-electron chi connectivity index (χ1n) is 23.2. The number of unbranched alkanes of at least 4 members (excludes halogenated alkanes) is 4. The molecule has 17 nitrogen and oxygen atoms in total. The molecule has 19 heteroatoms. The summed E-state index contributed by atoms with van der Waals surface area (Å²) < 4.78 is 38.1. The van der Waals surface area contributed by atoms with Gasteiger partial charge in [0.2, 0.25) is 17.7 Å². The number of piperidine rings is 2. The zero-order valence-corrected chi connectivity index (χ0v) is 37.1. The van der Waals surface area contributed by atoms with Crippen molar-refractivity contribution in [3.8, 4) is 22.8 Å². The second-order valence-electron chi connectivity index (χ2n) is 18.2. The highest BCUT2D eigenvalue weighted by Gasteiger charge is 2.36. The summed E-state index contributed by atoms with van der Waals surface area (Å²) in [4.78, 5) is 61.2. The average Bonchev–Trinajstić information content (AvgIpc) is 3.92. The van der Waals surface area contributed by atoms with Crippen molar-refractivity contribution in [3.63, 3.8) is 0 Å². The van der Waals surface area contributed by atoms with E-state index in [9.17, 15) is 14.4 Å². The van der Waals surface area contributed by atoms with Gasteiger partial charge in [-0.1, -0.05) is 24.4 Å². The number of piperazine rings is 1. The van der Waals surface area contributed by atoms with Crippen LogP contribution >= 0.6 is 0 Å². The lowest BCUT2D eigenvalue weighted by molar-refractivity contribution is -0.134.